The summed E-state index contributed by atoms with van der Waals surface area (Å²) >= 11 is 5.73. The first-order valence-electron chi connectivity index (χ1n) is 6.41. The highest BCUT2D eigenvalue weighted by Gasteiger charge is 2.40. The van der Waals surface area contributed by atoms with E-state index in [2.05, 4.69) is 10.3 Å². The van der Waals surface area contributed by atoms with Crippen molar-refractivity contribution in [2.24, 2.45) is 0 Å². The van der Waals surface area contributed by atoms with Gasteiger partial charge < -0.3 is 5.32 Å². The maximum Gasteiger partial charge on any atom is 0.434 e. The summed E-state index contributed by atoms with van der Waals surface area (Å²) in [6.45, 7) is 3.31. The molecule has 4 nitrogen and oxygen atoms in total. The van der Waals surface area contributed by atoms with Crippen LogP contribution in [0.5, 0.6) is 0 Å². The first kappa shape index (κ1) is 16.4. The highest BCUT2D eigenvalue weighted by Crippen LogP contribution is 2.33. The van der Waals surface area contributed by atoms with Gasteiger partial charge in [-0.15, -0.1) is 0 Å². The zero-order valence-electron chi connectivity index (χ0n) is 11.8. The lowest BCUT2D eigenvalue weighted by atomic mass is 10.2. The number of benzene rings is 1. The molecule has 0 aliphatic rings. The van der Waals surface area contributed by atoms with Gasteiger partial charge in [0, 0.05) is 16.8 Å². The Morgan fingerprint density at radius 3 is 2.36 bits per heavy atom. The molecule has 0 aliphatic heterocycles. The van der Waals surface area contributed by atoms with Crippen LogP contribution in [0.3, 0.4) is 0 Å². The minimum absolute atomic E-state index is 0.216. The monoisotopic (exact) mass is 331 g/mol. The Hall–Kier alpha value is -2.02. The van der Waals surface area contributed by atoms with Gasteiger partial charge in [-0.25, -0.2) is 4.98 Å². The molecule has 118 valence electrons. The predicted molar refractivity (Wildman–Crippen MR) is 76.2 cm³/mol. The molecule has 0 radical (unpaired) electrons. The predicted octanol–water partition coefficient (Wildman–Crippen LogP) is 3.68. The van der Waals surface area contributed by atoms with Gasteiger partial charge in [-0.1, -0.05) is 11.6 Å². The van der Waals surface area contributed by atoms with Crippen LogP contribution in [0.15, 0.2) is 30.6 Å². The average molecular weight is 332 g/mol. The average Bonchev–Trinajstić information content (AvgIpc) is 2.83. The van der Waals surface area contributed by atoms with E-state index in [4.69, 9.17) is 11.6 Å². The zero-order chi connectivity index (χ0) is 16.5. The number of nitrogens with one attached hydrogen (secondary N) is 1. The van der Waals surface area contributed by atoms with E-state index < -0.39 is 23.5 Å². The normalized spacial score (nSPS) is 11.8. The van der Waals surface area contributed by atoms with E-state index in [1.54, 1.807) is 13.8 Å². The van der Waals surface area contributed by atoms with Crippen LogP contribution in [-0.4, -0.2) is 21.5 Å². The number of hydrogen-bond acceptors (Lipinski definition) is 2. The topological polar surface area (TPSA) is 46.9 Å². The number of carbonyl (C=O) groups is 1. The van der Waals surface area contributed by atoms with E-state index in [1.807, 2.05) is 0 Å². The van der Waals surface area contributed by atoms with Crippen molar-refractivity contribution >= 4 is 17.5 Å². The summed E-state index contributed by atoms with van der Waals surface area (Å²) < 4.78 is 40.8. The molecular formula is C14H13ClF3N3O. The summed E-state index contributed by atoms with van der Waals surface area (Å²) in [7, 11) is 0. The molecule has 0 spiro atoms. The van der Waals surface area contributed by atoms with Crippen molar-refractivity contribution in [1.82, 2.24) is 14.9 Å². The van der Waals surface area contributed by atoms with E-state index in [-0.39, 0.29) is 11.7 Å². The lowest BCUT2D eigenvalue weighted by molar-refractivity contribution is -0.142. The Bertz CT molecular complexity index is 678. The smallest absolute Gasteiger partial charge is 0.348 e. The van der Waals surface area contributed by atoms with Gasteiger partial charge in [0.15, 0.2) is 11.4 Å². The molecular weight excluding hydrogens is 319 g/mol. The summed E-state index contributed by atoms with van der Waals surface area (Å²) in [6.07, 6.45) is -3.75. The van der Waals surface area contributed by atoms with Gasteiger partial charge in [-0.2, -0.15) is 13.2 Å². The molecule has 0 atom stereocenters. The van der Waals surface area contributed by atoms with Crippen LogP contribution >= 0.6 is 11.6 Å². The number of rotatable bonds is 3. The number of imidazole rings is 1. The number of amides is 1. The minimum atomic E-state index is -4.72. The molecule has 22 heavy (non-hydrogen) atoms. The minimum Gasteiger partial charge on any atom is -0.348 e. The van der Waals surface area contributed by atoms with Crippen molar-refractivity contribution in [1.29, 1.82) is 0 Å². The van der Waals surface area contributed by atoms with Gasteiger partial charge in [0.05, 0.1) is 0 Å². The van der Waals surface area contributed by atoms with Crippen molar-refractivity contribution in [2.75, 3.05) is 0 Å². The molecule has 0 aliphatic carbocycles. The van der Waals surface area contributed by atoms with Crippen molar-refractivity contribution in [3.8, 4) is 5.69 Å². The first-order valence-corrected chi connectivity index (χ1v) is 6.79. The van der Waals surface area contributed by atoms with Gasteiger partial charge in [0.1, 0.15) is 6.33 Å². The Morgan fingerprint density at radius 2 is 1.86 bits per heavy atom. The molecule has 0 saturated heterocycles. The van der Waals surface area contributed by atoms with E-state index in [0.29, 0.717) is 5.02 Å². The number of nitrogens with zero attached hydrogens (tertiary/aromatic N) is 2. The van der Waals surface area contributed by atoms with Gasteiger partial charge in [-0.05, 0) is 38.1 Å². The molecule has 0 bridgehead atoms. The summed E-state index contributed by atoms with van der Waals surface area (Å²) in [6, 6.07) is 5.47. The zero-order valence-corrected chi connectivity index (χ0v) is 12.5. The Kier molecular flexibility index (Phi) is 4.46. The van der Waals surface area contributed by atoms with Gasteiger partial charge in [0.2, 0.25) is 0 Å². The summed E-state index contributed by atoms with van der Waals surface area (Å²) in [4.78, 5) is 15.5. The van der Waals surface area contributed by atoms with E-state index in [0.717, 1.165) is 10.9 Å². The fourth-order valence-electron chi connectivity index (χ4n) is 1.91. The number of alkyl halides is 3. The number of halogens is 4. The van der Waals surface area contributed by atoms with Gasteiger partial charge >= 0.3 is 6.18 Å². The van der Waals surface area contributed by atoms with Gasteiger partial charge in [-0.3, -0.25) is 9.36 Å². The van der Waals surface area contributed by atoms with Crippen molar-refractivity contribution in [3.63, 3.8) is 0 Å². The molecule has 1 aromatic heterocycles. The third-order valence-electron chi connectivity index (χ3n) is 2.78. The summed E-state index contributed by atoms with van der Waals surface area (Å²) in [5.74, 6) is -0.866. The molecule has 2 rings (SSSR count). The highest BCUT2D eigenvalue weighted by atomic mass is 35.5. The lowest BCUT2D eigenvalue weighted by Gasteiger charge is -2.14. The molecule has 0 fully saturated rings. The number of hydrogen-bond donors (Lipinski definition) is 1. The molecule has 0 unspecified atom stereocenters. The van der Waals surface area contributed by atoms with E-state index in [9.17, 15) is 18.0 Å². The quantitative estimate of drug-likeness (QED) is 0.932. The lowest BCUT2D eigenvalue weighted by Crippen LogP contribution is -2.32. The molecule has 1 amide bonds. The SMILES string of the molecule is CC(C)NC(=O)c1ncn(-c2ccc(Cl)cc2)c1C(F)(F)F. The third-order valence-corrected chi connectivity index (χ3v) is 3.03. The van der Waals surface area contributed by atoms with Crippen molar-refractivity contribution in [3.05, 3.63) is 47.0 Å². The fraction of sp³-hybridized carbons (Fsp3) is 0.286. The van der Waals surface area contributed by atoms with Crippen LogP contribution in [-0.2, 0) is 6.18 Å². The second kappa shape index (κ2) is 6.00. The van der Waals surface area contributed by atoms with Crippen LogP contribution in [0, 0.1) is 0 Å². The van der Waals surface area contributed by atoms with E-state index >= 15 is 0 Å². The summed E-state index contributed by atoms with van der Waals surface area (Å²) in [5, 5.41) is 2.81. The van der Waals surface area contributed by atoms with Gasteiger partial charge in [0.25, 0.3) is 5.91 Å². The van der Waals surface area contributed by atoms with Crippen molar-refractivity contribution in [2.45, 2.75) is 26.1 Å². The van der Waals surface area contributed by atoms with Crippen molar-refractivity contribution < 1.29 is 18.0 Å². The summed E-state index contributed by atoms with van der Waals surface area (Å²) in [5.41, 5.74) is -1.56. The maximum absolute atomic E-state index is 13.3. The maximum atomic E-state index is 13.3. The fourth-order valence-corrected chi connectivity index (χ4v) is 2.04. The van der Waals surface area contributed by atoms with Crippen LogP contribution in [0.25, 0.3) is 5.69 Å². The Labute approximate surface area is 129 Å². The van der Waals surface area contributed by atoms with E-state index in [1.165, 1.54) is 24.3 Å². The number of aromatic nitrogens is 2. The molecule has 1 aromatic carbocycles. The first-order chi connectivity index (χ1) is 10.2. The molecule has 2 aromatic rings. The number of carbonyl (C=O) groups excluding carboxylic acids is 1. The molecule has 1 heterocycles. The van der Waals surface area contributed by atoms with Crippen LogP contribution < -0.4 is 5.32 Å². The molecule has 0 saturated carbocycles. The molecule has 8 heteroatoms. The standard InChI is InChI=1S/C14H13ClF3N3O/c1-8(2)20-13(22)11-12(14(16,17)18)21(7-19-11)10-5-3-9(15)4-6-10/h3-8H,1-2H3,(H,20,22). The Balaban J connectivity index is 2.54. The van der Waals surface area contributed by atoms with Crippen LogP contribution in [0.2, 0.25) is 5.02 Å². The second-order valence-corrected chi connectivity index (χ2v) is 5.35. The van der Waals surface area contributed by atoms with Crippen LogP contribution in [0.4, 0.5) is 13.2 Å². The Morgan fingerprint density at radius 1 is 1.27 bits per heavy atom. The molecule has 1 N–H and O–H groups in total. The largest absolute Gasteiger partial charge is 0.434 e. The third kappa shape index (κ3) is 3.41. The van der Waals surface area contributed by atoms with Crippen LogP contribution in [0.1, 0.15) is 30.0 Å². The second-order valence-electron chi connectivity index (χ2n) is 4.91. The highest BCUT2D eigenvalue weighted by molar-refractivity contribution is 6.30.